The number of carbonyl (C=O) groups is 1. The standard InChI is InChI=1S/C31H30N4O4/c1-18-23(6-3-13-32-18)29-24(30(39-34-29)20-8-9-20)11-7-19-16-35(17-19)21-10-12-26-25(14-21)28(38-22-4-2-5-22)15-27(33-26)31(36)37/h3,6-7,10-15,19-20,22H,2,4-5,8-9,16-17H2,1H3,(H,36,37)/b11-7+. The third kappa shape index (κ3) is 4.54. The third-order valence-corrected chi connectivity index (χ3v) is 8.10. The molecule has 0 radical (unpaired) electrons. The van der Waals surface area contributed by atoms with Crippen LogP contribution in [0.25, 0.3) is 28.2 Å². The third-order valence-electron chi connectivity index (χ3n) is 8.10. The Bertz CT molecular complexity index is 1600. The lowest BCUT2D eigenvalue weighted by molar-refractivity contribution is 0.0689. The first-order chi connectivity index (χ1) is 19.0. The molecule has 4 aromatic rings. The molecular formula is C31H30N4O4. The van der Waals surface area contributed by atoms with Gasteiger partial charge in [0.2, 0.25) is 0 Å². The summed E-state index contributed by atoms with van der Waals surface area (Å²) in [4.78, 5) is 22.7. The van der Waals surface area contributed by atoms with Gasteiger partial charge in [-0.15, -0.1) is 0 Å². The van der Waals surface area contributed by atoms with Crippen molar-refractivity contribution in [3.05, 3.63) is 71.4 Å². The van der Waals surface area contributed by atoms with Crippen molar-refractivity contribution in [2.75, 3.05) is 18.0 Å². The Labute approximate surface area is 226 Å². The fourth-order valence-corrected chi connectivity index (χ4v) is 5.37. The van der Waals surface area contributed by atoms with Crippen molar-refractivity contribution >= 4 is 28.6 Å². The van der Waals surface area contributed by atoms with E-state index in [2.05, 4.69) is 44.3 Å². The minimum absolute atomic E-state index is 0.0128. The first-order valence-corrected chi connectivity index (χ1v) is 13.7. The van der Waals surface area contributed by atoms with Gasteiger partial charge in [-0.25, -0.2) is 9.78 Å². The molecule has 3 fully saturated rings. The minimum atomic E-state index is -1.05. The van der Waals surface area contributed by atoms with Crippen LogP contribution in [0.2, 0.25) is 0 Å². The summed E-state index contributed by atoms with van der Waals surface area (Å²) in [6.45, 7) is 3.79. The van der Waals surface area contributed by atoms with E-state index in [-0.39, 0.29) is 11.8 Å². The summed E-state index contributed by atoms with van der Waals surface area (Å²) in [5.74, 6) is 1.42. The summed E-state index contributed by atoms with van der Waals surface area (Å²) in [5, 5.41) is 14.8. The maximum Gasteiger partial charge on any atom is 0.354 e. The smallest absolute Gasteiger partial charge is 0.354 e. The lowest BCUT2D eigenvalue weighted by Gasteiger charge is -2.40. The first kappa shape index (κ1) is 23.9. The molecule has 1 N–H and O–H groups in total. The molecule has 1 aromatic carbocycles. The van der Waals surface area contributed by atoms with E-state index in [4.69, 9.17) is 9.26 Å². The van der Waals surface area contributed by atoms with Crippen LogP contribution in [0.15, 0.2) is 53.2 Å². The van der Waals surface area contributed by atoms with E-state index >= 15 is 0 Å². The van der Waals surface area contributed by atoms with Crippen molar-refractivity contribution < 1.29 is 19.2 Å². The van der Waals surface area contributed by atoms with E-state index in [9.17, 15) is 9.90 Å². The Hall–Kier alpha value is -4.20. The number of aromatic carboxylic acids is 1. The number of fused-ring (bicyclic) bond motifs is 1. The van der Waals surface area contributed by atoms with Gasteiger partial charge >= 0.3 is 5.97 Å². The van der Waals surface area contributed by atoms with Crippen molar-refractivity contribution in [3.8, 4) is 17.0 Å². The number of nitrogens with zero attached hydrogens (tertiary/aromatic N) is 4. The first-order valence-electron chi connectivity index (χ1n) is 13.7. The van der Waals surface area contributed by atoms with E-state index in [1.54, 1.807) is 12.3 Å². The molecule has 2 saturated carbocycles. The quantitative estimate of drug-likeness (QED) is 0.290. The van der Waals surface area contributed by atoms with Crippen molar-refractivity contribution in [3.63, 3.8) is 0 Å². The highest BCUT2D eigenvalue weighted by atomic mass is 16.5. The number of carboxylic acids is 1. The summed E-state index contributed by atoms with van der Waals surface area (Å²) in [6.07, 6.45) is 11.9. The SMILES string of the molecule is Cc1ncccc1-c1noc(C2CC2)c1/C=C/C1CN(c2ccc3nc(C(=O)O)cc(OC4CCC4)c3c2)C1. The molecule has 0 spiro atoms. The molecule has 3 aromatic heterocycles. The summed E-state index contributed by atoms with van der Waals surface area (Å²) in [7, 11) is 0. The molecule has 8 nitrogen and oxygen atoms in total. The monoisotopic (exact) mass is 522 g/mol. The van der Waals surface area contributed by atoms with Crippen molar-refractivity contribution in [2.24, 2.45) is 5.92 Å². The second-order valence-electron chi connectivity index (χ2n) is 10.9. The molecule has 0 bridgehead atoms. The number of rotatable bonds is 8. The van der Waals surface area contributed by atoms with Crippen LogP contribution in [-0.4, -0.2) is 45.4 Å². The molecule has 1 aliphatic heterocycles. The molecule has 198 valence electrons. The fraction of sp³-hybridized carbons (Fsp3) is 0.355. The van der Waals surface area contributed by atoms with Crippen LogP contribution in [0.1, 0.15) is 65.5 Å². The molecule has 4 heterocycles. The summed E-state index contributed by atoms with van der Waals surface area (Å²) in [5.41, 5.74) is 5.65. The Kier molecular flexibility index (Phi) is 5.83. The average molecular weight is 523 g/mol. The zero-order chi connectivity index (χ0) is 26.5. The van der Waals surface area contributed by atoms with Gasteiger partial charge in [0.1, 0.15) is 17.2 Å². The Morgan fingerprint density at radius 2 is 2.00 bits per heavy atom. The highest BCUT2D eigenvalue weighted by molar-refractivity contribution is 5.94. The Balaban J connectivity index is 1.11. The number of anilines is 1. The maximum absolute atomic E-state index is 11.6. The highest BCUT2D eigenvalue weighted by Gasteiger charge is 2.33. The Morgan fingerprint density at radius 3 is 2.72 bits per heavy atom. The van der Waals surface area contributed by atoms with Crippen molar-refractivity contribution in [2.45, 2.75) is 51.0 Å². The number of hydrogen-bond acceptors (Lipinski definition) is 7. The van der Waals surface area contributed by atoms with E-state index < -0.39 is 5.97 Å². The number of carboxylic acid groups (broad SMARTS) is 1. The lowest BCUT2D eigenvalue weighted by Crippen LogP contribution is -2.45. The molecule has 0 unspecified atom stereocenters. The second kappa shape index (κ2) is 9.52. The van der Waals surface area contributed by atoms with Crippen LogP contribution in [0, 0.1) is 12.8 Å². The summed E-state index contributed by atoms with van der Waals surface area (Å²) < 4.78 is 12.0. The molecule has 2 aliphatic carbocycles. The molecule has 7 rings (SSSR count). The number of aromatic nitrogens is 3. The maximum atomic E-state index is 11.6. The lowest BCUT2D eigenvalue weighted by atomic mass is 9.95. The van der Waals surface area contributed by atoms with E-state index in [0.29, 0.717) is 23.1 Å². The van der Waals surface area contributed by atoms with Gasteiger partial charge in [0.05, 0.1) is 11.6 Å². The van der Waals surface area contributed by atoms with E-state index in [1.165, 1.54) is 0 Å². The Morgan fingerprint density at radius 1 is 1.15 bits per heavy atom. The molecule has 8 heteroatoms. The highest BCUT2D eigenvalue weighted by Crippen LogP contribution is 2.45. The zero-order valence-corrected chi connectivity index (χ0v) is 21.8. The minimum Gasteiger partial charge on any atom is -0.490 e. The predicted molar refractivity (Wildman–Crippen MR) is 148 cm³/mol. The number of pyridine rings is 2. The molecular weight excluding hydrogens is 492 g/mol. The fourth-order valence-electron chi connectivity index (χ4n) is 5.37. The van der Waals surface area contributed by atoms with Crippen LogP contribution >= 0.6 is 0 Å². The molecule has 0 amide bonds. The van der Waals surface area contributed by atoms with E-state index in [0.717, 1.165) is 84.5 Å². The average Bonchev–Trinajstić information content (AvgIpc) is 3.65. The van der Waals surface area contributed by atoms with Gasteiger partial charge in [0, 0.05) is 65.1 Å². The van der Waals surface area contributed by atoms with Crippen LogP contribution in [0.4, 0.5) is 5.69 Å². The molecule has 3 aliphatic rings. The second-order valence-corrected chi connectivity index (χ2v) is 10.9. The van der Waals surface area contributed by atoms with E-state index in [1.807, 2.05) is 25.1 Å². The molecule has 1 saturated heterocycles. The summed E-state index contributed by atoms with van der Waals surface area (Å²) in [6, 6.07) is 11.5. The van der Waals surface area contributed by atoms with Crippen LogP contribution in [-0.2, 0) is 0 Å². The van der Waals surface area contributed by atoms with Gasteiger partial charge in [0.25, 0.3) is 0 Å². The summed E-state index contributed by atoms with van der Waals surface area (Å²) >= 11 is 0. The van der Waals surface area contributed by atoms with Crippen molar-refractivity contribution in [1.29, 1.82) is 0 Å². The number of benzene rings is 1. The van der Waals surface area contributed by atoms with Gasteiger partial charge in [-0.1, -0.05) is 17.3 Å². The van der Waals surface area contributed by atoms with Crippen molar-refractivity contribution in [1.82, 2.24) is 15.1 Å². The van der Waals surface area contributed by atoms with Gasteiger partial charge in [-0.05, 0) is 69.4 Å². The van der Waals surface area contributed by atoms with Crippen LogP contribution in [0.3, 0.4) is 0 Å². The van der Waals surface area contributed by atoms with Gasteiger partial charge < -0.3 is 19.3 Å². The van der Waals surface area contributed by atoms with Crippen LogP contribution in [0.5, 0.6) is 5.75 Å². The number of aryl methyl sites for hydroxylation is 1. The topological polar surface area (TPSA) is 102 Å². The number of hydrogen-bond donors (Lipinski definition) is 1. The van der Waals surface area contributed by atoms with Gasteiger partial charge in [-0.2, -0.15) is 0 Å². The van der Waals surface area contributed by atoms with Crippen LogP contribution < -0.4 is 9.64 Å². The normalized spacial score (nSPS) is 17.9. The zero-order valence-electron chi connectivity index (χ0n) is 21.8. The molecule has 0 atom stereocenters. The molecule has 39 heavy (non-hydrogen) atoms. The predicted octanol–water partition coefficient (Wildman–Crippen LogP) is 6.25. The van der Waals surface area contributed by atoms with Gasteiger partial charge in [-0.3, -0.25) is 4.98 Å². The van der Waals surface area contributed by atoms with Gasteiger partial charge in [0.15, 0.2) is 5.69 Å². The largest absolute Gasteiger partial charge is 0.490 e. The number of ether oxygens (including phenoxy) is 1.